The number of carbonyl (C=O) groups excluding carboxylic acids is 1. The normalized spacial score (nSPS) is 10.3. The summed E-state index contributed by atoms with van der Waals surface area (Å²) in [5, 5.41) is 0. The molecule has 0 aromatic heterocycles. The summed E-state index contributed by atoms with van der Waals surface area (Å²) < 4.78 is 11.1. The van der Waals surface area contributed by atoms with Gasteiger partial charge >= 0.3 is 5.97 Å². The van der Waals surface area contributed by atoms with Crippen molar-refractivity contribution < 1.29 is 14.3 Å². The molecular weight excluding hydrogens is 324 g/mol. The Kier molecular flexibility index (Phi) is 6.43. The van der Waals surface area contributed by atoms with Crippen LogP contribution in [0.5, 0.6) is 5.75 Å². The standard InChI is InChI=1S/C23H22O3/c24-23(26-18-21-10-5-2-6-11-21)15-14-19-12-7-13-22(16-19)25-17-20-8-3-1-4-9-20/h1-13,16H,14-15,17-18H2. The smallest absolute Gasteiger partial charge is 0.306 e. The van der Waals surface area contributed by atoms with Crippen molar-refractivity contribution >= 4 is 5.97 Å². The molecule has 132 valence electrons. The van der Waals surface area contributed by atoms with Crippen molar-refractivity contribution in [3.8, 4) is 5.75 Å². The van der Waals surface area contributed by atoms with Gasteiger partial charge in [-0.1, -0.05) is 72.8 Å². The van der Waals surface area contributed by atoms with E-state index in [0.29, 0.717) is 26.1 Å². The van der Waals surface area contributed by atoms with Gasteiger partial charge in [0.2, 0.25) is 0 Å². The Labute approximate surface area is 154 Å². The minimum atomic E-state index is -0.190. The molecule has 3 nitrogen and oxygen atoms in total. The number of esters is 1. The maximum Gasteiger partial charge on any atom is 0.306 e. The maximum atomic E-state index is 11.9. The number of ether oxygens (including phenoxy) is 2. The van der Waals surface area contributed by atoms with Crippen molar-refractivity contribution in [1.82, 2.24) is 0 Å². The molecular formula is C23H22O3. The van der Waals surface area contributed by atoms with Gasteiger partial charge in [-0.25, -0.2) is 0 Å². The summed E-state index contributed by atoms with van der Waals surface area (Å²) in [5.41, 5.74) is 3.19. The average Bonchev–Trinajstić information content (AvgIpc) is 2.71. The van der Waals surface area contributed by atoms with E-state index in [9.17, 15) is 4.79 Å². The van der Waals surface area contributed by atoms with Gasteiger partial charge in [-0.05, 0) is 35.2 Å². The monoisotopic (exact) mass is 346 g/mol. The largest absolute Gasteiger partial charge is 0.489 e. The lowest BCUT2D eigenvalue weighted by Crippen LogP contribution is -2.06. The van der Waals surface area contributed by atoms with E-state index in [1.54, 1.807) is 0 Å². The second-order valence-electron chi connectivity index (χ2n) is 6.07. The Morgan fingerprint density at radius 3 is 2.00 bits per heavy atom. The van der Waals surface area contributed by atoms with E-state index in [4.69, 9.17) is 9.47 Å². The quantitative estimate of drug-likeness (QED) is 0.542. The van der Waals surface area contributed by atoms with Crippen LogP contribution in [-0.2, 0) is 29.2 Å². The number of aryl methyl sites for hydroxylation is 1. The molecule has 3 aromatic carbocycles. The fourth-order valence-corrected chi connectivity index (χ4v) is 2.59. The first-order valence-corrected chi connectivity index (χ1v) is 8.75. The number of hydrogen-bond acceptors (Lipinski definition) is 3. The van der Waals surface area contributed by atoms with Gasteiger partial charge in [0.15, 0.2) is 0 Å². The fraction of sp³-hybridized carbons (Fsp3) is 0.174. The summed E-state index contributed by atoms with van der Waals surface area (Å²) in [7, 11) is 0. The van der Waals surface area contributed by atoms with Crippen LogP contribution in [0, 0.1) is 0 Å². The van der Waals surface area contributed by atoms with Gasteiger partial charge in [0.05, 0.1) is 0 Å². The lowest BCUT2D eigenvalue weighted by Gasteiger charge is -2.09. The van der Waals surface area contributed by atoms with E-state index in [-0.39, 0.29) is 5.97 Å². The summed E-state index contributed by atoms with van der Waals surface area (Å²) in [6.07, 6.45) is 0.991. The maximum absolute atomic E-state index is 11.9. The third kappa shape index (κ3) is 5.78. The molecule has 26 heavy (non-hydrogen) atoms. The topological polar surface area (TPSA) is 35.5 Å². The number of benzene rings is 3. The summed E-state index contributed by atoms with van der Waals surface area (Å²) >= 11 is 0. The Hall–Kier alpha value is -3.07. The zero-order valence-electron chi connectivity index (χ0n) is 14.6. The molecule has 0 fully saturated rings. The van der Waals surface area contributed by atoms with Crippen molar-refractivity contribution in [2.24, 2.45) is 0 Å². The molecule has 0 atom stereocenters. The predicted octanol–water partition coefficient (Wildman–Crippen LogP) is 4.94. The van der Waals surface area contributed by atoms with Crippen LogP contribution in [0.1, 0.15) is 23.1 Å². The van der Waals surface area contributed by atoms with Crippen LogP contribution in [0.2, 0.25) is 0 Å². The summed E-state index contributed by atoms with van der Waals surface area (Å²) in [6, 6.07) is 27.6. The van der Waals surface area contributed by atoms with E-state index < -0.39 is 0 Å². The molecule has 0 unspecified atom stereocenters. The van der Waals surface area contributed by atoms with Crippen LogP contribution in [0.15, 0.2) is 84.9 Å². The highest BCUT2D eigenvalue weighted by atomic mass is 16.5. The van der Waals surface area contributed by atoms with Crippen LogP contribution < -0.4 is 4.74 Å². The number of hydrogen-bond donors (Lipinski definition) is 0. The summed E-state index contributed by atoms with van der Waals surface area (Å²) in [6.45, 7) is 0.851. The molecule has 0 amide bonds. The SMILES string of the molecule is O=C(CCc1cccc(OCc2ccccc2)c1)OCc1ccccc1. The van der Waals surface area contributed by atoms with Gasteiger partial charge in [0, 0.05) is 6.42 Å². The van der Waals surface area contributed by atoms with Gasteiger partial charge in [-0.2, -0.15) is 0 Å². The van der Waals surface area contributed by atoms with Crippen molar-refractivity contribution in [2.45, 2.75) is 26.1 Å². The van der Waals surface area contributed by atoms with E-state index >= 15 is 0 Å². The second kappa shape index (κ2) is 9.42. The highest BCUT2D eigenvalue weighted by Gasteiger charge is 2.05. The molecule has 0 heterocycles. The first-order chi connectivity index (χ1) is 12.8. The number of carbonyl (C=O) groups is 1. The lowest BCUT2D eigenvalue weighted by molar-refractivity contribution is -0.144. The van der Waals surface area contributed by atoms with Gasteiger partial charge in [-0.3, -0.25) is 4.79 Å². The highest BCUT2D eigenvalue weighted by Crippen LogP contribution is 2.16. The molecule has 0 aliphatic rings. The average molecular weight is 346 g/mol. The molecule has 0 saturated carbocycles. The third-order valence-corrected chi connectivity index (χ3v) is 4.01. The van der Waals surface area contributed by atoms with Crippen molar-refractivity contribution in [1.29, 1.82) is 0 Å². The molecule has 0 N–H and O–H groups in total. The van der Waals surface area contributed by atoms with Crippen LogP contribution in [-0.4, -0.2) is 5.97 Å². The Balaban J connectivity index is 1.45. The molecule has 0 aliphatic heterocycles. The Morgan fingerprint density at radius 1 is 0.692 bits per heavy atom. The minimum Gasteiger partial charge on any atom is -0.489 e. The van der Waals surface area contributed by atoms with Gasteiger partial charge in [-0.15, -0.1) is 0 Å². The molecule has 3 heteroatoms. The second-order valence-corrected chi connectivity index (χ2v) is 6.07. The van der Waals surface area contributed by atoms with E-state index in [0.717, 1.165) is 22.4 Å². The van der Waals surface area contributed by atoms with Crippen LogP contribution >= 0.6 is 0 Å². The fourth-order valence-electron chi connectivity index (χ4n) is 2.59. The third-order valence-electron chi connectivity index (χ3n) is 4.01. The molecule has 0 spiro atoms. The van der Waals surface area contributed by atoms with Gasteiger partial charge in [0.1, 0.15) is 19.0 Å². The van der Waals surface area contributed by atoms with E-state index in [2.05, 4.69) is 0 Å². The van der Waals surface area contributed by atoms with Crippen molar-refractivity contribution in [2.75, 3.05) is 0 Å². The first kappa shape index (κ1) is 17.7. The van der Waals surface area contributed by atoms with Crippen LogP contribution in [0.4, 0.5) is 0 Å². The summed E-state index contributed by atoms with van der Waals surface area (Å²) in [5.74, 6) is 0.619. The van der Waals surface area contributed by atoms with Crippen LogP contribution in [0.25, 0.3) is 0 Å². The summed E-state index contributed by atoms with van der Waals surface area (Å²) in [4.78, 5) is 11.9. The molecule has 0 bridgehead atoms. The molecule has 0 aliphatic carbocycles. The van der Waals surface area contributed by atoms with E-state index in [1.807, 2.05) is 84.9 Å². The molecule has 3 aromatic rings. The van der Waals surface area contributed by atoms with E-state index in [1.165, 1.54) is 0 Å². The molecule has 0 radical (unpaired) electrons. The van der Waals surface area contributed by atoms with Gasteiger partial charge < -0.3 is 9.47 Å². The first-order valence-electron chi connectivity index (χ1n) is 8.75. The Bertz CT molecular complexity index is 813. The van der Waals surface area contributed by atoms with Crippen molar-refractivity contribution in [3.05, 3.63) is 102 Å². The molecule has 3 rings (SSSR count). The number of rotatable bonds is 8. The predicted molar refractivity (Wildman–Crippen MR) is 102 cm³/mol. The zero-order valence-corrected chi connectivity index (χ0v) is 14.6. The Morgan fingerprint density at radius 2 is 1.31 bits per heavy atom. The van der Waals surface area contributed by atoms with Crippen LogP contribution in [0.3, 0.4) is 0 Å². The molecule has 0 saturated heterocycles. The highest BCUT2D eigenvalue weighted by molar-refractivity contribution is 5.69. The van der Waals surface area contributed by atoms with Gasteiger partial charge in [0.25, 0.3) is 0 Å². The van der Waals surface area contributed by atoms with Crippen molar-refractivity contribution in [3.63, 3.8) is 0 Å². The minimum absolute atomic E-state index is 0.190. The zero-order chi connectivity index (χ0) is 18.0. The lowest BCUT2D eigenvalue weighted by atomic mass is 10.1.